The second kappa shape index (κ2) is 5.97. The average Bonchev–Trinajstić information content (AvgIpc) is 2.95. The van der Waals surface area contributed by atoms with E-state index in [2.05, 4.69) is 15.4 Å². The highest BCUT2D eigenvalue weighted by molar-refractivity contribution is 7.94. The van der Waals surface area contributed by atoms with Crippen molar-refractivity contribution >= 4 is 16.0 Å². The third-order valence-corrected chi connectivity index (χ3v) is 4.36. The van der Waals surface area contributed by atoms with Crippen LogP contribution in [-0.4, -0.2) is 33.2 Å². The van der Waals surface area contributed by atoms with E-state index in [1.54, 1.807) is 36.5 Å². The number of hydrogen-bond donors (Lipinski definition) is 0. The highest BCUT2D eigenvalue weighted by atomic mass is 32.2. The van der Waals surface area contributed by atoms with Crippen molar-refractivity contribution in [3.8, 4) is 5.69 Å². The van der Waals surface area contributed by atoms with Gasteiger partial charge in [-0.15, -0.1) is 0 Å². The highest BCUT2D eigenvalue weighted by Crippen LogP contribution is 2.11. The highest BCUT2D eigenvalue weighted by Gasteiger charge is 2.11. The molecular weight excluding hydrogens is 318 g/mol. The summed E-state index contributed by atoms with van der Waals surface area (Å²) >= 11 is 0. The van der Waals surface area contributed by atoms with Crippen LogP contribution in [0.1, 0.15) is 0 Å². The smallest absolute Gasteiger partial charge is 0.262 e. The quantitative estimate of drug-likeness (QED) is 0.699. The van der Waals surface area contributed by atoms with Crippen molar-refractivity contribution in [2.24, 2.45) is 0 Å². The molecule has 0 unspecified atom stereocenters. The van der Waals surface area contributed by atoms with Gasteiger partial charge in [-0.25, -0.2) is 13.2 Å². The molecule has 0 amide bonds. The van der Waals surface area contributed by atoms with Gasteiger partial charge in [-0.1, -0.05) is 18.2 Å². The molecule has 0 radical (unpaired) electrons. The molecule has 2 heterocycles. The predicted octanol–water partition coefficient (Wildman–Crippen LogP) is 0.726. The van der Waals surface area contributed by atoms with Crippen LogP contribution in [0.3, 0.4) is 0 Å². The molecule has 0 atom stereocenters. The Morgan fingerprint density at radius 2 is 1.78 bits per heavy atom. The molecule has 2 aromatic heterocycles. The largest absolute Gasteiger partial charge is 0.372 e. The third kappa shape index (κ3) is 3.09. The molecule has 0 aliphatic carbocycles. The molecule has 9 heteroatoms. The zero-order valence-corrected chi connectivity index (χ0v) is 12.5. The Labute approximate surface area is 131 Å². The molecule has 0 spiro atoms. The van der Waals surface area contributed by atoms with Crippen LogP contribution < -0.4 is 5.69 Å². The van der Waals surface area contributed by atoms with Crippen molar-refractivity contribution in [1.82, 2.24) is 24.8 Å². The Hall–Kier alpha value is -3.07. The summed E-state index contributed by atoms with van der Waals surface area (Å²) in [6.45, 7) is 0. The van der Waals surface area contributed by atoms with Gasteiger partial charge in [0.15, 0.2) is 0 Å². The number of nitrogens with zero attached hydrogens (tertiary/aromatic N) is 5. The Morgan fingerprint density at radius 1 is 1.00 bits per heavy atom. The molecule has 116 valence electrons. The van der Waals surface area contributed by atoms with Crippen LogP contribution in [0.2, 0.25) is 0 Å². The lowest BCUT2D eigenvalue weighted by molar-refractivity contribution is 0.604. The minimum absolute atomic E-state index is 0.129. The van der Waals surface area contributed by atoms with Crippen molar-refractivity contribution in [2.45, 2.75) is 4.90 Å². The van der Waals surface area contributed by atoms with Crippen LogP contribution in [0.4, 0.5) is 0 Å². The van der Waals surface area contributed by atoms with E-state index < -0.39 is 15.5 Å². The molecule has 3 rings (SSSR count). The van der Waals surface area contributed by atoms with Crippen LogP contribution in [0.15, 0.2) is 70.0 Å². The number of pyridine rings is 1. The number of hydrogen-bond acceptors (Lipinski definition) is 6. The summed E-state index contributed by atoms with van der Waals surface area (Å²) in [5.74, 6) is 0. The van der Waals surface area contributed by atoms with E-state index in [4.69, 9.17) is 0 Å². The number of sulfone groups is 1. The summed E-state index contributed by atoms with van der Waals surface area (Å²) in [6, 6.07) is 11.2. The maximum Gasteiger partial charge on any atom is 0.372 e. The second-order valence-corrected chi connectivity index (χ2v) is 6.31. The van der Waals surface area contributed by atoms with Gasteiger partial charge in [0.1, 0.15) is 0 Å². The summed E-state index contributed by atoms with van der Waals surface area (Å²) < 4.78 is 26.1. The number of aromatic nitrogens is 5. The first kappa shape index (κ1) is 14.9. The van der Waals surface area contributed by atoms with Crippen LogP contribution >= 0.6 is 0 Å². The fourth-order valence-corrected chi connectivity index (χ4v) is 2.79. The van der Waals surface area contributed by atoms with Crippen LogP contribution in [-0.2, 0) is 9.84 Å². The molecule has 0 N–H and O–H groups in total. The van der Waals surface area contributed by atoms with Gasteiger partial charge in [0.05, 0.1) is 22.2 Å². The topological polar surface area (TPSA) is 99.7 Å². The molecule has 3 aromatic rings. The lowest BCUT2D eigenvalue weighted by atomic mass is 10.4. The normalized spacial score (nSPS) is 11.8. The number of benzene rings is 1. The van der Waals surface area contributed by atoms with Gasteiger partial charge >= 0.3 is 5.69 Å². The van der Waals surface area contributed by atoms with Crippen LogP contribution in [0, 0.1) is 0 Å². The molecule has 0 saturated heterocycles. The molecule has 0 bridgehead atoms. The summed E-state index contributed by atoms with van der Waals surface area (Å²) in [6.07, 6.45) is 4.07. The van der Waals surface area contributed by atoms with Crippen molar-refractivity contribution < 1.29 is 8.42 Å². The van der Waals surface area contributed by atoms with Gasteiger partial charge in [-0.2, -0.15) is 9.36 Å². The minimum atomic E-state index is -3.66. The Bertz CT molecular complexity index is 992. The Morgan fingerprint density at radius 3 is 2.48 bits per heavy atom. The SMILES string of the molecule is O=c1n(C=CS(=O)(=O)c2ccccc2)nnn1-c1cccnc1. The molecular formula is C14H11N5O3S. The first-order valence-corrected chi connectivity index (χ1v) is 8.06. The molecule has 8 nitrogen and oxygen atoms in total. The van der Waals surface area contributed by atoms with Gasteiger partial charge < -0.3 is 0 Å². The molecule has 0 aliphatic heterocycles. The van der Waals surface area contributed by atoms with E-state index in [-0.39, 0.29) is 4.90 Å². The molecule has 1 aromatic carbocycles. The first-order chi connectivity index (χ1) is 11.1. The molecule has 0 aliphatic rings. The van der Waals surface area contributed by atoms with E-state index in [1.165, 1.54) is 18.3 Å². The molecule has 23 heavy (non-hydrogen) atoms. The van der Waals surface area contributed by atoms with Gasteiger partial charge in [-0.3, -0.25) is 4.98 Å². The van der Waals surface area contributed by atoms with E-state index in [1.807, 2.05) is 0 Å². The minimum Gasteiger partial charge on any atom is -0.262 e. The fourth-order valence-electron chi connectivity index (χ4n) is 1.82. The Balaban J connectivity index is 1.93. The lowest BCUT2D eigenvalue weighted by Gasteiger charge is -1.97. The zero-order chi connectivity index (χ0) is 16.3. The second-order valence-electron chi connectivity index (χ2n) is 4.47. The van der Waals surface area contributed by atoms with Crippen molar-refractivity contribution in [2.75, 3.05) is 0 Å². The summed E-state index contributed by atoms with van der Waals surface area (Å²) in [7, 11) is -3.66. The number of rotatable bonds is 4. The van der Waals surface area contributed by atoms with Gasteiger partial charge in [0.2, 0.25) is 9.84 Å². The predicted molar refractivity (Wildman–Crippen MR) is 82.4 cm³/mol. The van der Waals surface area contributed by atoms with Crippen LogP contribution in [0.5, 0.6) is 0 Å². The lowest BCUT2D eigenvalue weighted by Crippen LogP contribution is -2.21. The summed E-state index contributed by atoms with van der Waals surface area (Å²) in [5, 5.41) is 8.23. The van der Waals surface area contributed by atoms with Crippen molar-refractivity contribution in [1.29, 1.82) is 0 Å². The third-order valence-electron chi connectivity index (χ3n) is 2.95. The monoisotopic (exact) mass is 329 g/mol. The van der Waals surface area contributed by atoms with E-state index in [9.17, 15) is 13.2 Å². The summed E-state index contributed by atoms with van der Waals surface area (Å²) in [4.78, 5) is 16.2. The standard InChI is InChI=1S/C14H11N5O3S/c20-14-18(16-17-19(14)12-5-4-8-15-11-12)9-10-23(21,22)13-6-2-1-3-7-13/h1-11H. The van der Waals surface area contributed by atoms with E-state index >= 15 is 0 Å². The Kier molecular flexibility index (Phi) is 3.85. The van der Waals surface area contributed by atoms with Gasteiger partial charge in [-0.05, 0) is 34.7 Å². The maximum absolute atomic E-state index is 12.1. The van der Waals surface area contributed by atoms with E-state index in [0.29, 0.717) is 5.69 Å². The first-order valence-electron chi connectivity index (χ1n) is 6.51. The van der Waals surface area contributed by atoms with Crippen molar-refractivity contribution in [3.63, 3.8) is 0 Å². The fraction of sp³-hybridized carbons (Fsp3) is 0. The maximum atomic E-state index is 12.1. The zero-order valence-electron chi connectivity index (χ0n) is 11.7. The molecule has 0 fully saturated rings. The van der Waals surface area contributed by atoms with Crippen LogP contribution in [0.25, 0.3) is 11.9 Å². The van der Waals surface area contributed by atoms with Gasteiger partial charge in [0, 0.05) is 12.4 Å². The van der Waals surface area contributed by atoms with E-state index in [0.717, 1.165) is 21.0 Å². The van der Waals surface area contributed by atoms with Gasteiger partial charge in [0.25, 0.3) is 0 Å². The number of tetrazole rings is 1. The average molecular weight is 329 g/mol. The summed E-state index contributed by atoms with van der Waals surface area (Å²) in [5.41, 5.74) is -0.166. The van der Waals surface area contributed by atoms with Crippen molar-refractivity contribution in [3.05, 3.63) is 70.8 Å². The molecule has 0 saturated carbocycles.